The molecule has 0 aromatic carbocycles. The average Bonchev–Trinajstić information content (AvgIpc) is 3.27. The molecule has 6 rings (SSSR count). The minimum atomic E-state index is 0.270. The molecule has 3 aromatic rings. The number of aromatic nitrogens is 4. The SMILES string of the molecule is Cc1cc(Nc2cc3ncccc3c(NC3CC4CCC(C3)N4[C@H]3C[C@H](C#N)C3)n2)n[nH]1. The Hall–Kier alpha value is -3.18. The number of piperidine rings is 1. The summed E-state index contributed by atoms with van der Waals surface area (Å²) in [4.78, 5) is 12.2. The van der Waals surface area contributed by atoms with Gasteiger partial charge in [-0.15, -0.1) is 0 Å². The molecule has 1 aliphatic carbocycles. The molecule has 0 amide bonds. The van der Waals surface area contributed by atoms with E-state index in [-0.39, 0.29) is 5.92 Å². The van der Waals surface area contributed by atoms with Crippen LogP contribution >= 0.6 is 0 Å². The van der Waals surface area contributed by atoms with E-state index < -0.39 is 0 Å². The number of aromatic amines is 1. The number of aryl methyl sites for hydroxylation is 1. The maximum absolute atomic E-state index is 9.16. The monoisotopic (exact) mass is 428 g/mol. The predicted molar refractivity (Wildman–Crippen MR) is 124 cm³/mol. The number of nitrogens with zero attached hydrogens (tertiary/aromatic N) is 5. The fourth-order valence-electron chi connectivity index (χ4n) is 5.92. The number of hydrogen-bond donors (Lipinski definition) is 3. The van der Waals surface area contributed by atoms with Crippen molar-refractivity contribution < 1.29 is 0 Å². The molecule has 5 heterocycles. The van der Waals surface area contributed by atoms with Crippen LogP contribution in [0.1, 0.15) is 44.2 Å². The van der Waals surface area contributed by atoms with E-state index in [4.69, 9.17) is 10.2 Å². The van der Waals surface area contributed by atoms with Crippen LogP contribution in [0, 0.1) is 24.2 Å². The quantitative estimate of drug-likeness (QED) is 0.561. The van der Waals surface area contributed by atoms with E-state index in [9.17, 15) is 0 Å². The summed E-state index contributed by atoms with van der Waals surface area (Å²) < 4.78 is 0. The van der Waals surface area contributed by atoms with Gasteiger partial charge in [0.25, 0.3) is 0 Å². The Morgan fingerprint density at radius 1 is 1.09 bits per heavy atom. The second kappa shape index (κ2) is 7.75. The van der Waals surface area contributed by atoms with Crippen molar-refractivity contribution in [2.45, 2.75) is 69.6 Å². The molecule has 3 fully saturated rings. The van der Waals surface area contributed by atoms with Gasteiger partial charge in [-0.25, -0.2) is 4.98 Å². The molecule has 3 aromatic heterocycles. The Balaban J connectivity index is 1.22. The Labute approximate surface area is 187 Å². The summed E-state index contributed by atoms with van der Waals surface area (Å²) in [6.45, 7) is 1.98. The van der Waals surface area contributed by atoms with Crippen molar-refractivity contribution in [3.8, 4) is 6.07 Å². The minimum absolute atomic E-state index is 0.270. The van der Waals surface area contributed by atoms with Crippen molar-refractivity contribution >= 4 is 28.4 Å². The third-order valence-corrected chi connectivity index (χ3v) is 7.41. The van der Waals surface area contributed by atoms with Gasteiger partial charge < -0.3 is 10.6 Å². The van der Waals surface area contributed by atoms with Crippen LogP contribution in [0.4, 0.5) is 17.5 Å². The molecule has 2 unspecified atom stereocenters. The molecular weight excluding hydrogens is 400 g/mol. The lowest BCUT2D eigenvalue weighted by molar-refractivity contribution is 0.0245. The average molecular weight is 429 g/mol. The van der Waals surface area contributed by atoms with Crippen molar-refractivity contribution in [2.24, 2.45) is 5.92 Å². The van der Waals surface area contributed by atoms with Crippen LogP contribution in [0.5, 0.6) is 0 Å². The molecule has 3 aliphatic rings. The van der Waals surface area contributed by atoms with E-state index in [1.807, 2.05) is 31.3 Å². The molecule has 3 N–H and O–H groups in total. The van der Waals surface area contributed by atoms with Crippen LogP contribution in [0.2, 0.25) is 0 Å². The van der Waals surface area contributed by atoms with Gasteiger partial charge in [-0.2, -0.15) is 10.4 Å². The second-order valence-electron chi connectivity index (χ2n) is 9.58. The highest BCUT2D eigenvalue weighted by Gasteiger charge is 2.47. The number of nitrogens with one attached hydrogen (secondary N) is 3. The summed E-state index contributed by atoms with van der Waals surface area (Å²) in [5.74, 6) is 2.64. The first-order chi connectivity index (χ1) is 15.7. The summed E-state index contributed by atoms with van der Waals surface area (Å²) >= 11 is 0. The van der Waals surface area contributed by atoms with Crippen LogP contribution in [0.3, 0.4) is 0 Å². The normalized spacial score (nSPS) is 29.4. The van der Waals surface area contributed by atoms with Gasteiger partial charge in [0.15, 0.2) is 5.82 Å². The third-order valence-electron chi connectivity index (χ3n) is 7.41. The van der Waals surface area contributed by atoms with E-state index in [0.717, 1.165) is 59.7 Å². The Kier molecular flexibility index (Phi) is 4.72. The first-order valence-electron chi connectivity index (χ1n) is 11.6. The highest BCUT2D eigenvalue weighted by molar-refractivity contribution is 5.91. The van der Waals surface area contributed by atoms with E-state index in [1.165, 1.54) is 12.8 Å². The topological polar surface area (TPSA) is 106 Å². The van der Waals surface area contributed by atoms with Crippen LogP contribution in [0.15, 0.2) is 30.5 Å². The molecular formula is C24H28N8. The van der Waals surface area contributed by atoms with Crippen molar-refractivity contribution in [1.82, 2.24) is 25.1 Å². The molecule has 2 atom stereocenters. The number of hydrogen-bond acceptors (Lipinski definition) is 7. The maximum Gasteiger partial charge on any atom is 0.153 e. The fraction of sp³-hybridized carbons (Fsp3) is 0.500. The van der Waals surface area contributed by atoms with Crippen LogP contribution < -0.4 is 10.6 Å². The van der Waals surface area contributed by atoms with E-state index >= 15 is 0 Å². The number of fused-ring (bicyclic) bond motifs is 3. The first kappa shape index (κ1) is 19.5. The van der Waals surface area contributed by atoms with Crippen LogP contribution in [-0.4, -0.2) is 49.2 Å². The largest absolute Gasteiger partial charge is 0.367 e. The Bertz CT molecular complexity index is 1160. The lowest BCUT2D eigenvalue weighted by atomic mass is 9.78. The Morgan fingerprint density at radius 2 is 1.91 bits per heavy atom. The fourth-order valence-corrected chi connectivity index (χ4v) is 5.92. The van der Waals surface area contributed by atoms with Crippen molar-refractivity contribution in [2.75, 3.05) is 10.6 Å². The maximum atomic E-state index is 9.16. The molecule has 32 heavy (non-hydrogen) atoms. The molecule has 2 bridgehead atoms. The number of pyridine rings is 2. The number of rotatable bonds is 5. The van der Waals surface area contributed by atoms with Gasteiger partial charge in [0.1, 0.15) is 11.6 Å². The summed E-state index contributed by atoms with van der Waals surface area (Å²) in [7, 11) is 0. The summed E-state index contributed by atoms with van der Waals surface area (Å²) in [5, 5.41) is 24.5. The van der Waals surface area contributed by atoms with Crippen LogP contribution in [0.25, 0.3) is 10.9 Å². The highest BCUT2D eigenvalue weighted by atomic mass is 15.3. The zero-order valence-corrected chi connectivity index (χ0v) is 18.3. The molecule has 2 saturated heterocycles. The summed E-state index contributed by atoms with van der Waals surface area (Å²) in [6, 6.07) is 12.7. The van der Waals surface area contributed by atoms with Gasteiger partial charge in [-0.3, -0.25) is 15.0 Å². The van der Waals surface area contributed by atoms with E-state index in [0.29, 0.717) is 24.2 Å². The molecule has 164 valence electrons. The van der Waals surface area contributed by atoms with Gasteiger partial charge in [0.2, 0.25) is 0 Å². The minimum Gasteiger partial charge on any atom is -0.367 e. The van der Waals surface area contributed by atoms with E-state index in [1.54, 1.807) is 0 Å². The zero-order chi connectivity index (χ0) is 21.7. The molecule has 2 aliphatic heterocycles. The van der Waals surface area contributed by atoms with Gasteiger partial charge in [0.05, 0.1) is 11.6 Å². The number of anilines is 3. The molecule has 0 spiro atoms. The number of H-pyrrole nitrogens is 1. The van der Waals surface area contributed by atoms with Crippen molar-refractivity contribution in [3.05, 3.63) is 36.2 Å². The number of nitriles is 1. The zero-order valence-electron chi connectivity index (χ0n) is 18.3. The lowest BCUT2D eigenvalue weighted by Gasteiger charge is -2.48. The van der Waals surface area contributed by atoms with Crippen molar-refractivity contribution in [1.29, 1.82) is 5.26 Å². The standard InChI is InChI=1S/C24H28N8/c1-14-7-23(31-30-14)28-22-12-21-20(3-2-6-26-21)24(29-22)27-16-10-17-4-5-18(11-16)32(17)19-8-15(9-19)13-25/h2-3,6-7,12,15-19H,4-5,8-11H2,1H3,(H3,27,28,29,30,31)/t15-,16?,17?,18?,19-. The lowest BCUT2D eigenvalue weighted by Crippen LogP contribution is -2.55. The third kappa shape index (κ3) is 3.47. The van der Waals surface area contributed by atoms with Gasteiger partial charge in [-0.05, 0) is 57.6 Å². The van der Waals surface area contributed by atoms with Gasteiger partial charge in [0, 0.05) is 59.5 Å². The van der Waals surface area contributed by atoms with Gasteiger partial charge >= 0.3 is 0 Å². The predicted octanol–water partition coefficient (Wildman–Crippen LogP) is 4.11. The second-order valence-corrected chi connectivity index (χ2v) is 9.58. The van der Waals surface area contributed by atoms with Gasteiger partial charge in [-0.1, -0.05) is 0 Å². The smallest absolute Gasteiger partial charge is 0.153 e. The molecule has 8 heteroatoms. The van der Waals surface area contributed by atoms with E-state index in [2.05, 4.69) is 42.9 Å². The molecule has 0 radical (unpaired) electrons. The summed E-state index contributed by atoms with van der Waals surface area (Å²) in [5.41, 5.74) is 1.91. The first-order valence-corrected chi connectivity index (χ1v) is 11.6. The molecule has 1 saturated carbocycles. The molecule has 8 nitrogen and oxygen atoms in total. The Morgan fingerprint density at radius 3 is 2.62 bits per heavy atom. The van der Waals surface area contributed by atoms with Crippen LogP contribution in [-0.2, 0) is 0 Å². The van der Waals surface area contributed by atoms with Crippen molar-refractivity contribution in [3.63, 3.8) is 0 Å². The highest BCUT2D eigenvalue weighted by Crippen LogP contribution is 2.44. The summed E-state index contributed by atoms with van der Waals surface area (Å²) in [6.07, 6.45) is 8.73.